The topological polar surface area (TPSA) is 62.7 Å². The molecule has 0 aromatic carbocycles. The second-order valence-electron chi connectivity index (χ2n) is 5.96. The van der Waals surface area contributed by atoms with Gasteiger partial charge in [-0.1, -0.05) is 18.1 Å². The average Bonchev–Trinajstić information content (AvgIpc) is 2.59. The molecule has 0 spiro atoms. The first-order valence-electron chi connectivity index (χ1n) is 8.33. The number of hydrogen-bond acceptors (Lipinski definition) is 5. The highest BCUT2D eigenvalue weighted by atomic mass is 19.4. The molecule has 2 aromatic heterocycles. The summed E-state index contributed by atoms with van der Waals surface area (Å²) < 4.78 is 39.3. The number of allylic oxidation sites excluding steroid dienone is 3. The van der Waals surface area contributed by atoms with Crippen molar-refractivity contribution in [3.05, 3.63) is 42.1 Å². The molecule has 0 aliphatic heterocycles. The zero-order valence-corrected chi connectivity index (χ0v) is 15.0. The molecule has 8 heteroatoms. The zero-order chi connectivity index (χ0) is 19.9. The molecule has 2 rings (SSSR count). The standard InChI is InChI=1S/C19H20F3N5/c1-4-5-6-8-14(19(20,21)22)10-12-24-17-15-9-7-11-23-16(15)26-18(27-17)25-13(2)3/h1,5-9,11,13H,10,12H2,2-3H3,(H2,23,24,25,26,27)/b6-5-,14-8+. The van der Waals surface area contributed by atoms with Crippen LogP contribution in [0.5, 0.6) is 0 Å². The Morgan fingerprint density at radius 1 is 1.33 bits per heavy atom. The maximum atomic E-state index is 13.1. The van der Waals surface area contributed by atoms with Crippen LogP contribution in [0.2, 0.25) is 0 Å². The Balaban J connectivity index is 2.21. The molecule has 0 bridgehead atoms. The molecule has 2 N–H and O–H groups in total. The molecule has 27 heavy (non-hydrogen) atoms. The number of nitrogens with one attached hydrogen (secondary N) is 2. The highest BCUT2D eigenvalue weighted by molar-refractivity contribution is 5.87. The number of hydrogen-bond donors (Lipinski definition) is 2. The molecule has 0 fully saturated rings. The Labute approximate surface area is 155 Å². The van der Waals surface area contributed by atoms with Gasteiger partial charge < -0.3 is 10.6 Å². The Morgan fingerprint density at radius 2 is 2.11 bits per heavy atom. The average molecular weight is 375 g/mol. The van der Waals surface area contributed by atoms with Gasteiger partial charge in [-0.3, -0.25) is 0 Å². The zero-order valence-electron chi connectivity index (χ0n) is 15.0. The number of pyridine rings is 1. The number of alkyl halides is 3. The van der Waals surface area contributed by atoms with Gasteiger partial charge >= 0.3 is 6.18 Å². The molecule has 0 saturated carbocycles. The monoisotopic (exact) mass is 375 g/mol. The molecule has 2 heterocycles. The van der Waals surface area contributed by atoms with Crippen LogP contribution in [0.3, 0.4) is 0 Å². The van der Waals surface area contributed by atoms with Gasteiger partial charge in [-0.25, -0.2) is 4.98 Å². The molecule has 0 unspecified atom stereocenters. The summed E-state index contributed by atoms with van der Waals surface area (Å²) in [5.41, 5.74) is -0.222. The first kappa shape index (κ1) is 20.2. The van der Waals surface area contributed by atoms with Gasteiger partial charge in [0, 0.05) is 24.4 Å². The number of halogens is 3. The Kier molecular flexibility index (Phi) is 6.77. The van der Waals surface area contributed by atoms with Crippen molar-refractivity contribution >= 4 is 22.8 Å². The largest absolute Gasteiger partial charge is 0.412 e. The van der Waals surface area contributed by atoms with Crippen molar-refractivity contribution in [1.82, 2.24) is 15.0 Å². The van der Waals surface area contributed by atoms with Crippen molar-refractivity contribution < 1.29 is 13.2 Å². The predicted molar refractivity (Wildman–Crippen MR) is 101 cm³/mol. The van der Waals surface area contributed by atoms with Crippen molar-refractivity contribution in [2.75, 3.05) is 17.2 Å². The van der Waals surface area contributed by atoms with E-state index in [1.54, 1.807) is 18.3 Å². The van der Waals surface area contributed by atoms with E-state index < -0.39 is 11.7 Å². The van der Waals surface area contributed by atoms with E-state index in [0.29, 0.717) is 22.8 Å². The van der Waals surface area contributed by atoms with Crippen molar-refractivity contribution in [3.63, 3.8) is 0 Å². The molecule has 0 amide bonds. The highest BCUT2D eigenvalue weighted by Gasteiger charge is 2.32. The molecule has 0 aliphatic carbocycles. The smallest absolute Gasteiger partial charge is 0.369 e. The van der Waals surface area contributed by atoms with E-state index >= 15 is 0 Å². The van der Waals surface area contributed by atoms with Crippen molar-refractivity contribution in [3.8, 4) is 12.3 Å². The summed E-state index contributed by atoms with van der Waals surface area (Å²) in [4.78, 5) is 12.9. The van der Waals surface area contributed by atoms with Crippen LogP contribution in [0, 0.1) is 12.3 Å². The molecule has 5 nitrogen and oxygen atoms in total. The van der Waals surface area contributed by atoms with E-state index in [4.69, 9.17) is 6.42 Å². The number of nitrogens with zero attached hydrogens (tertiary/aromatic N) is 3. The second-order valence-corrected chi connectivity index (χ2v) is 5.96. The first-order valence-corrected chi connectivity index (χ1v) is 8.33. The van der Waals surface area contributed by atoms with Crippen LogP contribution >= 0.6 is 0 Å². The molecule has 0 saturated heterocycles. The quantitative estimate of drug-likeness (QED) is 0.557. The SMILES string of the molecule is C#C/C=C\C=C(/CCNc1nc(NC(C)C)nc2ncccc12)C(F)(F)F. The van der Waals surface area contributed by atoms with E-state index in [0.717, 1.165) is 6.08 Å². The summed E-state index contributed by atoms with van der Waals surface area (Å²) >= 11 is 0. The van der Waals surface area contributed by atoms with Crippen LogP contribution in [-0.2, 0) is 0 Å². The lowest BCUT2D eigenvalue weighted by atomic mass is 10.1. The normalized spacial score (nSPS) is 12.6. The number of aromatic nitrogens is 3. The minimum Gasteiger partial charge on any atom is -0.369 e. The first-order chi connectivity index (χ1) is 12.8. The molecular formula is C19H20F3N5. The van der Waals surface area contributed by atoms with Crippen LogP contribution < -0.4 is 10.6 Å². The lowest BCUT2D eigenvalue weighted by Gasteiger charge is -2.14. The molecule has 0 aliphatic rings. The summed E-state index contributed by atoms with van der Waals surface area (Å²) in [5.74, 6) is 2.95. The van der Waals surface area contributed by atoms with E-state index in [1.807, 2.05) is 13.8 Å². The van der Waals surface area contributed by atoms with Gasteiger partial charge in [-0.15, -0.1) is 6.42 Å². The summed E-state index contributed by atoms with van der Waals surface area (Å²) in [5, 5.41) is 6.67. The summed E-state index contributed by atoms with van der Waals surface area (Å²) in [6, 6.07) is 3.58. The maximum absolute atomic E-state index is 13.1. The van der Waals surface area contributed by atoms with E-state index in [9.17, 15) is 13.2 Å². The Morgan fingerprint density at radius 3 is 2.78 bits per heavy atom. The molecule has 0 radical (unpaired) electrons. The third kappa shape index (κ3) is 5.99. The lowest BCUT2D eigenvalue weighted by molar-refractivity contribution is -0.0936. The van der Waals surface area contributed by atoms with Crippen LogP contribution in [0.1, 0.15) is 20.3 Å². The second kappa shape index (κ2) is 9.03. The minimum atomic E-state index is -4.43. The Bertz CT molecular complexity index is 879. The third-order valence-electron chi connectivity index (χ3n) is 3.43. The van der Waals surface area contributed by atoms with Gasteiger partial charge in [-0.2, -0.15) is 23.1 Å². The number of rotatable bonds is 7. The van der Waals surface area contributed by atoms with Gasteiger partial charge in [0.2, 0.25) is 5.95 Å². The number of fused-ring (bicyclic) bond motifs is 1. The fraction of sp³-hybridized carbons (Fsp3) is 0.316. The number of anilines is 2. The van der Waals surface area contributed by atoms with Gasteiger partial charge in [0.25, 0.3) is 0 Å². The maximum Gasteiger partial charge on any atom is 0.412 e. The number of terminal acetylenes is 1. The third-order valence-corrected chi connectivity index (χ3v) is 3.43. The Hall–Kier alpha value is -3.08. The van der Waals surface area contributed by atoms with E-state index in [2.05, 4.69) is 31.5 Å². The minimum absolute atomic E-state index is 0.0391. The van der Waals surface area contributed by atoms with Crippen LogP contribution in [0.4, 0.5) is 24.9 Å². The summed E-state index contributed by atoms with van der Waals surface area (Å²) in [6.07, 6.45) is 5.34. The molecule has 142 valence electrons. The summed E-state index contributed by atoms with van der Waals surface area (Å²) in [6.45, 7) is 3.91. The fourth-order valence-corrected chi connectivity index (χ4v) is 2.27. The molecule has 0 atom stereocenters. The van der Waals surface area contributed by atoms with Crippen molar-refractivity contribution in [1.29, 1.82) is 0 Å². The van der Waals surface area contributed by atoms with Crippen LogP contribution in [-0.4, -0.2) is 33.7 Å². The molecule has 2 aromatic rings. The van der Waals surface area contributed by atoms with Gasteiger partial charge in [0.05, 0.1) is 5.39 Å². The fourth-order valence-electron chi connectivity index (χ4n) is 2.27. The van der Waals surface area contributed by atoms with Crippen molar-refractivity contribution in [2.45, 2.75) is 32.5 Å². The van der Waals surface area contributed by atoms with E-state index in [-0.39, 0.29) is 19.0 Å². The van der Waals surface area contributed by atoms with Crippen LogP contribution in [0.15, 0.2) is 42.1 Å². The lowest BCUT2D eigenvalue weighted by Crippen LogP contribution is -2.17. The molecular weight excluding hydrogens is 355 g/mol. The van der Waals surface area contributed by atoms with Gasteiger partial charge in [0.1, 0.15) is 5.82 Å². The predicted octanol–water partition coefficient (Wildman–Crippen LogP) is 4.33. The van der Waals surface area contributed by atoms with Crippen LogP contribution in [0.25, 0.3) is 11.0 Å². The van der Waals surface area contributed by atoms with Gasteiger partial charge in [0.15, 0.2) is 5.65 Å². The van der Waals surface area contributed by atoms with Gasteiger partial charge in [-0.05, 0) is 38.5 Å². The highest BCUT2D eigenvalue weighted by Crippen LogP contribution is 2.28. The van der Waals surface area contributed by atoms with Crippen molar-refractivity contribution in [2.24, 2.45) is 0 Å². The van der Waals surface area contributed by atoms with E-state index in [1.165, 1.54) is 12.2 Å². The summed E-state index contributed by atoms with van der Waals surface area (Å²) in [7, 11) is 0.